The van der Waals surface area contributed by atoms with Crippen LogP contribution in [0.4, 0.5) is 26.1 Å². The molecule has 0 spiro atoms. The zero-order valence-corrected chi connectivity index (χ0v) is 21.7. The average Bonchev–Trinajstić information content (AvgIpc) is 2.89. The highest BCUT2D eigenvalue weighted by molar-refractivity contribution is 7.89. The van der Waals surface area contributed by atoms with Crippen molar-refractivity contribution in [3.05, 3.63) is 54.2 Å². The molecule has 0 amide bonds. The maximum atomic E-state index is 14.9. The highest BCUT2D eigenvalue weighted by atomic mass is 32.2. The Balaban J connectivity index is 1.53. The Labute approximate surface area is 220 Å². The number of hydrogen-bond donors (Lipinski definition) is 2. The Morgan fingerprint density at radius 3 is 2.68 bits per heavy atom. The van der Waals surface area contributed by atoms with E-state index in [0.29, 0.717) is 24.5 Å². The van der Waals surface area contributed by atoms with Gasteiger partial charge in [0.1, 0.15) is 18.9 Å². The second kappa shape index (κ2) is 11.7. The Hall–Kier alpha value is -3.79. The van der Waals surface area contributed by atoms with Crippen molar-refractivity contribution in [3.8, 4) is 29.4 Å². The van der Waals surface area contributed by atoms with E-state index in [4.69, 9.17) is 15.9 Å². The van der Waals surface area contributed by atoms with E-state index in [9.17, 15) is 17.2 Å². The van der Waals surface area contributed by atoms with Crippen molar-refractivity contribution >= 4 is 27.3 Å². The molecule has 12 heteroatoms. The van der Waals surface area contributed by atoms with Gasteiger partial charge in [0.15, 0.2) is 17.4 Å². The Kier molecular flexibility index (Phi) is 8.41. The first-order valence-electron chi connectivity index (χ1n) is 11.8. The van der Waals surface area contributed by atoms with E-state index in [2.05, 4.69) is 25.9 Å². The van der Waals surface area contributed by atoms with Crippen molar-refractivity contribution in [3.63, 3.8) is 0 Å². The molecule has 200 valence electrons. The summed E-state index contributed by atoms with van der Waals surface area (Å²) in [7, 11) is -3.75. The van der Waals surface area contributed by atoms with Gasteiger partial charge >= 0.3 is 0 Å². The molecule has 2 N–H and O–H groups in total. The molecule has 2 aromatic carbocycles. The van der Waals surface area contributed by atoms with E-state index in [-0.39, 0.29) is 53.7 Å². The highest BCUT2D eigenvalue weighted by Crippen LogP contribution is 2.39. The molecule has 38 heavy (non-hydrogen) atoms. The van der Waals surface area contributed by atoms with Crippen molar-refractivity contribution in [2.24, 2.45) is 0 Å². The lowest BCUT2D eigenvalue weighted by molar-refractivity contribution is 0.173. The van der Waals surface area contributed by atoms with Gasteiger partial charge in [0.2, 0.25) is 16.0 Å². The molecule has 9 nitrogen and oxygen atoms in total. The molecule has 4 rings (SSSR count). The summed E-state index contributed by atoms with van der Waals surface area (Å²) >= 11 is 0. The first kappa shape index (κ1) is 27.3. The van der Waals surface area contributed by atoms with Crippen molar-refractivity contribution in [1.82, 2.24) is 14.7 Å². The molecule has 0 bridgehead atoms. The van der Waals surface area contributed by atoms with Gasteiger partial charge in [-0.25, -0.2) is 31.9 Å². The normalized spacial score (nSPS) is 13.1. The van der Waals surface area contributed by atoms with Crippen LogP contribution in [0.25, 0.3) is 11.3 Å². The molecule has 0 aliphatic carbocycles. The number of fused-ring (bicyclic) bond motifs is 1. The molecule has 1 aromatic heterocycles. The van der Waals surface area contributed by atoms with Crippen LogP contribution in [0.2, 0.25) is 0 Å². The largest absolute Gasteiger partial charge is 0.486 e. The lowest BCUT2D eigenvalue weighted by atomic mass is 10.1. The topological polar surface area (TPSA) is 106 Å². The van der Waals surface area contributed by atoms with Crippen LogP contribution >= 0.6 is 0 Å². The van der Waals surface area contributed by atoms with Gasteiger partial charge < -0.3 is 19.7 Å². The van der Waals surface area contributed by atoms with Crippen LogP contribution in [-0.2, 0) is 14.8 Å². The van der Waals surface area contributed by atoms with Gasteiger partial charge in [-0.3, -0.25) is 0 Å². The van der Waals surface area contributed by atoms with E-state index in [1.807, 2.05) is 18.7 Å². The van der Waals surface area contributed by atoms with Gasteiger partial charge in [-0.2, -0.15) is 0 Å². The summed E-state index contributed by atoms with van der Waals surface area (Å²) in [4.78, 5) is 10.2. The summed E-state index contributed by atoms with van der Waals surface area (Å²) in [5.41, 5.74) is 1.14. The number of terminal acetylenes is 1. The van der Waals surface area contributed by atoms with Crippen LogP contribution < -0.4 is 19.7 Å². The summed E-state index contributed by atoms with van der Waals surface area (Å²) < 4.78 is 67.5. The van der Waals surface area contributed by atoms with Crippen molar-refractivity contribution in [2.45, 2.75) is 24.8 Å². The molecule has 1 aliphatic heterocycles. The van der Waals surface area contributed by atoms with Crippen molar-refractivity contribution in [1.29, 1.82) is 0 Å². The third kappa shape index (κ3) is 6.19. The fourth-order valence-corrected chi connectivity index (χ4v) is 4.93. The van der Waals surface area contributed by atoms with Crippen LogP contribution in [0.3, 0.4) is 0 Å². The fraction of sp³-hybridized carbons (Fsp3) is 0.308. The number of benzene rings is 2. The molecule has 0 saturated heterocycles. The second-order valence-corrected chi connectivity index (χ2v) is 10.4. The molecule has 0 unspecified atom stereocenters. The van der Waals surface area contributed by atoms with Crippen molar-refractivity contribution < 1.29 is 26.7 Å². The second-order valence-electron chi connectivity index (χ2n) is 8.64. The first-order chi connectivity index (χ1) is 18.2. The minimum absolute atomic E-state index is 0.0437. The lowest BCUT2D eigenvalue weighted by Gasteiger charge is -2.34. The molecule has 3 aromatic rings. The molecule has 0 radical (unpaired) electrons. The SMILES string of the molecule is C#CCOCCNS(=O)(=O)c1ccc(Nc2ncc(F)c(-c3cc(F)c4c(c3)N(C(C)C)CCO4)n2)cc1. The predicted molar refractivity (Wildman–Crippen MR) is 140 cm³/mol. The average molecular weight is 544 g/mol. The number of ether oxygens (including phenoxy) is 2. The van der Waals surface area contributed by atoms with E-state index < -0.39 is 21.7 Å². The van der Waals surface area contributed by atoms with Crippen LogP contribution in [0, 0.1) is 24.0 Å². The number of nitrogens with one attached hydrogen (secondary N) is 2. The molecule has 0 fully saturated rings. The molecule has 0 saturated carbocycles. The third-order valence-electron chi connectivity index (χ3n) is 5.70. The number of aromatic nitrogens is 2. The minimum Gasteiger partial charge on any atom is -0.486 e. The maximum absolute atomic E-state index is 14.9. The zero-order chi connectivity index (χ0) is 27.3. The van der Waals surface area contributed by atoms with Gasteiger partial charge in [0, 0.05) is 23.8 Å². The fourth-order valence-electron chi connectivity index (χ4n) is 3.91. The molecule has 1 aliphatic rings. The molecule has 2 heterocycles. The minimum atomic E-state index is -3.75. The van der Waals surface area contributed by atoms with E-state index in [0.717, 1.165) is 6.20 Å². The number of hydrogen-bond acceptors (Lipinski definition) is 8. The van der Waals surface area contributed by atoms with Gasteiger partial charge in [-0.1, -0.05) is 5.92 Å². The van der Waals surface area contributed by atoms with Crippen LogP contribution in [0.15, 0.2) is 47.5 Å². The number of rotatable bonds is 10. The molecular weight excluding hydrogens is 516 g/mol. The maximum Gasteiger partial charge on any atom is 0.240 e. The van der Waals surface area contributed by atoms with E-state index in [1.165, 1.54) is 30.3 Å². The molecule has 0 atom stereocenters. The van der Waals surface area contributed by atoms with Crippen LogP contribution in [-0.4, -0.2) is 57.3 Å². The summed E-state index contributed by atoms with van der Waals surface area (Å²) in [5, 5.41) is 2.92. The lowest BCUT2D eigenvalue weighted by Crippen LogP contribution is -2.38. The Morgan fingerprint density at radius 2 is 1.97 bits per heavy atom. The number of sulfonamides is 1. The van der Waals surface area contributed by atoms with Gasteiger partial charge in [0.05, 0.1) is 29.9 Å². The van der Waals surface area contributed by atoms with Gasteiger partial charge in [-0.15, -0.1) is 6.42 Å². The molecular formula is C26H27F2N5O4S. The van der Waals surface area contributed by atoms with Crippen LogP contribution in [0.5, 0.6) is 5.75 Å². The number of anilines is 3. The standard InChI is InChI=1S/C26H27F2N5O4S/c1-4-11-36-12-9-30-38(34,35)20-7-5-19(6-8-20)31-26-29-16-22(28)24(32-26)18-14-21(27)25-23(15-18)33(17(2)3)10-13-37-25/h1,5-8,14-17,30H,9-13H2,2-3H3,(H,29,31,32). The Morgan fingerprint density at radius 1 is 1.21 bits per heavy atom. The van der Waals surface area contributed by atoms with Crippen molar-refractivity contribution in [2.75, 3.05) is 43.1 Å². The highest BCUT2D eigenvalue weighted by Gasteiger charge is 2.25. The quantitative estimate of drug-likeness (QED) is 0.295. The Bertz CT molecular complexity index is 1440. The smallest absolute Gasteiger partial charge is 0.240 e. The third-order valence-corrected chi connectivity index (χ3v) is 7.17. The summed E-state index contributed by atoms with van der Waals surface area (Å²) in [6.07, 6.45) is 6.07. The summed E-state index contributed by atoms with van der Waals surface area (Å²) in [6.45, 7) is 5.21. The number of halogens is 2. The van der Waals surface area contributed by atoms with Crippen LogP contribution in [0.1, 0.15) is 13.8 Å². The monoisotopic (exact) mass is 543 g/mol. The predicted octanol–water partition coefficient (Wildman–Crippen LogP) is 3.70. The summed E-state index contributed by atoms with van der Waals surface area (Å²) in [5.74, 6) is 1.15. The van der Waals surface area contributed by atoms with Gasteiger partial charge in [0.25, 0.3) is 0 Å². The number of nitrogens with zero attached hydrogens (tertiary/aromatic N) is 3. The summed E-state index contributed by atoms with van der Waals surface area (Å²) in [6, 6.07) is 8.76. The van der Waals surface area contributed by atoms with E-state index in [1.54, 1.807) is 6.07 Å². The first-order valence-corrected chi connectivity index (χ1v) is 13.3. The zero-order valence-electron chi connectivity index (χ0n) is 20.9. The van der Waals surface area contributed by atoms with Gasteiger partial charge in [-0.05, 0) is 50.2 Å². The van der Waals surface area contributed by atoms with E-state index >= 15 is 0 Å².